The smallest absolute Gasteiger partial charge is 0.240 e. The molecule has 2 aromatic rings. The molecule has 1 aromatic heterocycles. The highest BCUT2D eigenvalue weighted by atomic mass is 79.9. The first kappa shape index (κ1) is 14.0. The van der Waals surface area contributed by atoms with Crippen LogP contribution in [-0.2, 0) is 6.54 Å². The average molecular weight is 326 g/mol. The molecule has 1 N–H and O–H groups in total. The van der Waals surface area contributed by atoms with Crippen molar-refractivity contribution in [2.45, 2.75) is 26.4 Å². The number of hydrogen-bond donors (Lipinski definition) is 1. The van der Waals surface area contributed by atoms with Crippen molar-refractivity contribution in [3.8, 4) is 5.75 Å². The lowest BCUT2D eigenvalue weighted by atomic mass is 10.1. The van der Waals surface area contributed by atoms with Gasteiger partial charge in [-0.25, -0.2) is 0 Å². The van der Waals surface area contributed by atoms with Crippen molar-refractivity contribution in [3.05, 3.63) is 40.0 Å². The number of benzene rings is 1. The van der Waals surface area contributed by atoms with Crippen molar-refractivity contribution >= 4 is 15.9 Å². The van der Waals surface area contributed by atoms with Crippen LogP contribution in [0.4, 0.5) is 0 Å². The molecule has 0 saturated heterocycles. The Bertz CT molecular complexity index is 557. The maximum Gasteiger partial charge on any atom is 0.240 e. The minimum atomic E-state index is 0.175. The van der Waals surface area contributed by atoms with Crippen LogP contribution in [0.1, 0.15) is 30.2 Å². The van der Waals surface area contributed by atoms with Crippen molar-refractivity contribution in [2.75, 3.05) is 7.11 Å². The number of aromatic nitrogens is 2. The van der Waals surface area contributed by atoms with Crippen LogP contribution in [0.2, 0.25) is 0 Å². The van der Waals surface area contributed by atoms with Gasteiger partial charge in [0.05, 0.1) is 18.1 Å². The fourth-order valence-electron chi connectivity index (χ4n) is 1.72. The minimum Gasteiger partial charge on any atom is -0.496 e. The molecule has 2 rings (SSSR count). The highest BCUT2D eigenvalue weighted by molar-refractivity contribution is 9.10. The summed E-state index contributed by atoms with van der Waals surface area (Å²) in [6.07, 6.45) is 0. The Labute approximate surface area is 120 Å². The fraction of sp³-hybridized carbons (Fsp3) is 0.385. The molecule has 0 fully saturated rings. The van der Waals surface area contributed by atoms with Crippen LogP contribution in [0.5, 0.6) is 5.75 Å². The highest BCUT2D eigenvalue weighted by Gasteiger charge is 2.10. The van der Waals surface area contributed by atoms with Gasteiger partial charge in [-0.15, -0.1) is 0 Å². The number of aryl methyl sites for hydroxylation is 1. The molecule has 1 unspecified atom stereocenters. The first-order valence-electron chi connectivity index (χ1n) is 5.96. The summed E-state index contributed by atoms with van der Waals surface area (Å²) in [6, 6.07) is 6.18. The molecule has 0 saturated carbocycles. The molecule has 0 amide bonds. The van der Waals surface area contributed by atoms with Crippen LogP contribution in [0, 0.1) is 6.92 Å². The zero-order valence-corrected chi connectivity index (χ0v) is 12.7. The number of nitrogens with one attached hydrogen (secondary N) is 1. The molecule has 6 heteroatoms. The maximum absolute atomic E-state index is 5.21. The summed E-state index contributed by atoms with van der Waals surface area (Å²) < 4.78 is 11.2. The van der Waals surface area contributed by atoms with E-state index in [1.807, 2.05) is 18.2 Å². The first-order chi connectivity index (χ1) is 9.10. The number of ether oxygens (including phenoxy) is 1. The molecule has 1 heterocycles. The van der Waals surface area contributed by atoms with Gasteiger partial charge in [0.2, 0.25) is 5.89 Å². The monoisotopic (exact) mass is 325 g/mol. The van der Waals surface area contributed by atoms with Crippen LogP contribution in [0.15, 0.2) is 27.2 Å². The van der Waals surface area contributed by atoms with Gasteiger partial charge in [-0.1, -0.05) is 11.2 Å². The van der Waals surface area contributed by atoms with Gasteiger partial charge in [-0.3, -0.25) is 0 Å². The van der Waals surface area contributed by atoms with Gasteiger partial charge in [-0.2, -0.15) is 4.98 Å². The lowest BCUT2D eigenvalue weighted by molar-refractivity contribution is 0.357. The summed E-state index contributed by atoms with van der Waals surface area (Å²) in [5, 5.41) is 7.09. The second-order valence-electron chi connectivity index (χ2n) is 4.23. The third-order valence-corrected chi connectivity index (χ3v) is 3.42. The van der Waals surface area contributed by atoms with Crippen molar-refractivity contribution in [2.24, 2.45) is 0 Å². The van der Waals surface area contributed by atoms with Gasteiger partial charge >= 0.3 is 0 Å². The summed E-state index contributed by atoms with van der Waals surface area (Å²) in [7, 11) is 1.65. The molecule has 5 nitrogen and oxygen atoms in total. The second-order valence-corrected chi connectivity index (χ2v) is 5.09. The predicted octanol–water partition coefficient (Wildman–Crippen LogP) is 3.00. The summed E-state index contributed by atoms with van der Waals surface area (Å²) in [5.74, 6) is 2.07. The lowest BCUT2D eigenvalue weighted by Gasteiger charge is -2.14. The van der Waals surface area contributed by atoms with Crippen molar-refractivity contribution < 1.29 is 9.26 Å². The summed E-state index contributed by atoms with van der Waals surface area (Å²) in [5.41, 5.74) is 1.16. The maximum atomic E-state index is 5.21. The summed E-state index contributed by atoms with van der Waals surface area (Å²) >= 11 is 3.48. The Morgan fingerprint density at radius 3 is 2.84 bits per heavy atom. The van der Waals surface area contributed by atoms with Crippen LogP contribution in [-0.4, -0.2) is 17.3 Å². The molecular formula is C13H16BrN3O2. The number of halogens is 1. The minimum absolute atomic E-state index is 0.175. The van der Waals surface area contributed by atoms with Gasteiger partial charge in [0, 0.05) is 6.04 Å². The van der Waals surface area contributed by atoms with Crippen molar-refractivity contribution in [3.63, 3.8) is 0 Å². The molecule has 0 bridgehead atoms. The molecule has 102 valence electrons. The molecule has 0 aliphatic carbocycles. The van der Waals surface area contributed by atoms with E-state index in [0.717, 1.165) is 15.8 Å². The molecule has 0 radical (unpaired) electrons. The predicted molar refractivity (Wildman–Crippen MR) is 75.0 cm³/mol. The van der Waals surface area contributed by atoms with E-state index in [2.05, 4.69) is 38.3 Å². The average Bonchev–Trinajstić information content (AvgIpc) is 2.81. The van der Waals surface area contributed by atoms with Crippen molar-refractivity contribution in [1.29, 1.82) is 0 Å². The molecule has 0 aliphatic rings. The quantitative estimate of drug-likeness (QED) is 0.915. The third kappa shape index (κ3) is 3.54. The Morgan fingerprint density at radius 2 is 2.26 bits per heavy atom. The van der Waals surface area contributed by atoms with Crippen LogP contribution in [0.3, 0.4) is 0 Å². The van der Waals surface area contributed by atoms with E-state index in [4.69, 9.17) is 9.26 Å². The zero-order chi connectivity index (χ0) is 13.8. The van der Waals surface area contributed by atoms with E-state index >= 15 is 0 Å². The van der Waals surface area contributed by atoms with E-state index in [-0.39, 0.29) is 6.04 Å². The Morgan fingerprint density at radius 1 is 1.47 bits per heavy atom. The molecule has 1 atom stereocenters. The van der Waals surface area contributed by atoms with Gasteiger partial charge in [0.25, 0.3) is 0 Å². The summed E-state index contributed by atoms with van der Waals surface area (Å²) in [4.78, 5) is 4.15. The van der Waals surface area contributed by atoms with E-state index in [1.54, 1.807) is 14.0 Å². The topological polar surface area (TPSA) is 60.2 Å². The van der Waals surface area contributed by atoms with Crippen LogP contribution < -0.4 is 10.1 Å². The van der Waals surface area contributed by atoms with Crippen LogP contribution >= 0.6 is 15.9 Å². The Hall–Kier alpha value is -1.40. The van der Waals surface area contributed by atoms with Crippen molar-refractivity contribution in [1.82, 2.24) is 15.5 Å². The third-order valence-electron chi connectivity index (χ3n) is 2.80. The molecule has 0 spiro atoms. The highest BCUT2D eigenvalue weighted by Crippen LogP contribution is 2.28. The molecule has 19 heavy (non-hydrogen) atoms. The molecule has 1 aromatic carbocycles. The largest absolute Gasteiger partial charge is 0.496 e. The Balaban J connectivity index is 1.99. The lowest BCUT2D eigenvalue weighted by Crippen LogP contribution is -2.18. The fourth-order valence-corrected chi connectivity index (χ4v) is 2.28. The van der Waals surface area contributed by atoms with Gasteiger partial charge in [0.1, 0.15) is 5.75 Å². The number of nitrogens with zero attached hydrogens (tertiary/aromatic N) is 2. The molecular weight excluding hydrogens is 310 g/mol. The van der Waals surface area contributed by atoms with E-state index < -0.39 is 0 Å². The molecule has 0 aliphatic heterocycles. The number of methoxy groups -OCH3 is 1. The standard InChI is InChI=1S/C13H16BrN3O2/c1-8(15-7-13-16-9(2)17-19-13)10-4-5-12(18-3)11(14)6-10/h4-6,8,15H,7H2,1-3H3. The number of rotatable bonds is 5. The second kappa shape index (κ2) is 6.16. The van der Waals surface area contributed by atoms with Gasteiger partial charge < -0.3 is 14.6 Å². The first-order valence-corrected chi connectivity index (χ1v) is 6.75. The van der Waals surface area contributed by atoms with Gasteiger partial charge in [0.15, 0.2) is 5.82 Å². The number of hydrogen-bond acceptors (Lipinski definition) is 5. The SMILES string of the molecule is COc1ccc(C(C)NCc2nc(C)no2)cc1Br. The van der Waals surface area contributed by atoms with Gasteiger partial charge in [-0.05, 0) is 47.5 Å². The van der Waals surface area contributed by atoms with E-state index in [0.29, 0.717) is 18.3 Å². The van der Waals surface area contributed by atoms with Crippen LogP contribution in [0.25, 0.3) is 0 Å². The summed E-state index contributed by atoms with van der Waals surface area (Å²) in [6.45, 7) is 4.43. The zero-order valence-electron chi connectivity index (χ0n) is 11.1. The van der Waals surface area contributed by atoms with E-state index in [9.17, 15) is 0 Å². The van der Waals surface area contributed by atoms with E-state index in [1.165, 1.54) is 0 Å². The normalized spacial score (nSPS) is 12.4. The Kier molecular flexibility index (Phi) is 4.55.